The Balaban J connectivity index is 0.00000144. The summed E-state index contributed by atoms with van der Waals surface area (Å²) in [6.07, 6.45) is 4.24. The molecule has 2 atom stereocenters. The summed E-state index contributed by atoms with van der Waals surface area (Å²) < 4.78 is 5.50. The normalized spacial score (nSPS) is 23.1. The Kier molecular flexibility index (Phi) is 8.76. The molecule has 0 aromatic carbocycles. The number of aromatic nitrogens is 1. The molecule has 2 aliphatic rings. The third kappa shape index (κ3) is 5.21. The molecule has 1 aromatic rings. The maximum atomic E-state index is 12.2. The Morgan fingerprint density at radius 3 is 2.75 bits per heavy atom. The predicted molar refractivity (Wildman–Crippen MR) is 99.2 cm³/mol. The van der Waals surface area contributed by atoms with Crippen LogP contribution >= 0.6 is 24.8 Å². The largest absolute Gasteiger partial charge is 0.375 e. The second-order valence-corrected chi connectivity index (χ2v) is 5.94. The fraction of sp³-hybridized carbons (Fsp3) is 0.625. The van der Waals surface area contributed by atoms with E-state index in [0.717, 1.165) is 24.5 Å². The highest BCUT2D eigenvalue weighted by Crippen LogP contribution is 2.17. The minimum atomic E-state index is -0.273. The summed E-state index contributed by atoms with van der Waals surface area (Å²) >= 11 is 0. The van der Waals surface area contributed by atoms with Crippen LogP contribution in [0.5, 0.6) is 0 Å². The minimum absolute atomic E-state index is 0. The molecule has 2 fully saturated rings. The topological polar surface area (TPSA) is 66.5 Å². The number of hydrogen-bond acceptors (Lipinski definition) is 5. The van der Waals surface area contributed by atoms with Crippen molar-refractivity contribution in [1.82, 2.24) is 15.6 Å². The molecule has 0 aliphatic carbocycles. The van der Waals surface area contributed by atoms with Crippen molar-refractivity contribution in [3.05, 3.63) is 23.9 Å². The molecule has 3 heterocycles. The standard InChI is InChI=1S/C16H24N4O2.2ClH/c1-12-15(17-6-9-22-12)16(21)19-11-13-4-5-14(18-10-13)20-7-2-3-8-20;;/h4-5,10,12,15,17H,2-3,6-9,11H2,1H3,(H,19,21);2*1H/t12-,15+;;/m1../s1. The number of nitrogens with one attached hydrogen (secondary N) is 2. The number of rotatable bonds is 4. The first-order valence-electron chi connectivity index (χ1n) is 8.06. The molecule has 1 aromatic heterocycles. The van der Waals surface area contributed by atoms with E-state index in [4.69, 9.17) is 4.74 Å². The fourth-order valence-electron chi connectivity index (χ4n) is 2.98. The van der Waals surface area contributed by atoms with E-state index in [-0.39, 0.29) is 42.9 Å². The van der Waals surface area contributed by atoms with E-state index in [2.05, 4.69) is 20.5 Å². The molecule has 1 amide bonds. The molecule has 3 rings (SSSR count). The lowest BCUT2D eigenvalue weighted by Crippen LogP contribution is -2.55. The van der Waals surface area contributed by atoms with E-state index in [0.29, 0.717) is 19.7 Å². The van der Waals surface area contributed by atoms with Crippen molar-refractivity contribution in [2.24, 2.45) is 0 Å². The molecule has 6 nitrogen and oxygen atoms in total. The monoisotopic (exact) mass is 376 g/mol. The van der Waals surface area contributed by atoms with Gasteiger partial charge in [0.05, 0.1) is 12.7 Å². The maximum Gasteiger partial charge on any atom is 0.240 e. The zero-order valence-electron chi connectivity index (χ0n) is 13.9. The number of morpholine rings is 1. The van der Waals surface area contributed by atoms with Crippen LogP contribution in [0.1, 0.15) is 25.3 Å². The molecule has 0 bridgehead atoms. The van der Waals surface area contributed by atoms with Crippen LogP contribution in [-0.4, -0.2) is 49.3 Å². The SMILES string of the molecule is C[C@H]1OCCN[C@@H]1C(=O)NCc1ccc(N2CCCC2)nc1.Cl.Cl. The number of pyridine rings is 1. The first-order chi connectivity index (χ1) is 10.7. The van der Waals surface area contributed by atoms with Gasteiger partial charge in [-0.1, -0.05) is 6.07 Å². The van der Waals surface area contributed by atoms with Crippen LogP contribution in [0.4, 0.5) is 5.82 Å². The molecule has 2 N–H and O–H groups in total. The summed E-state index contributed by atoms with van der Waals surface area (Å²) in [5.41, 5.74) is 1.01. The molecule has 2 aliphatic heterocycles. The molecule has 2 saturated heterocycles. The summed E-state index contributed by atoms with van der Waals surface area (Å²) in [5, 5.41) is 6.14. The third-order valence-corrected chi connectivity index (χ3v) is 4.30. The minimum Gasteiger partial charge on any atom is -0.375 e. The summed E-state index contributed by atoms with van der Waals surface area (Å²) in [7, 11) is 0. The molecule has 8 heteroatoms. The van der Waals surface area contributed by atoms with Gasteiger partial charge >= 0.3 is 0 Å². The number of anilines is 1. The highest BCUT2D eigenvalue weighted by Gasteiger charge is 2.27. The van der Waals surface area contributed by atoms with Crippen LogP contribution < -0.4 is 15.5 Å². The van der Waals surface area contributed by atoms with E-state index in [9.17, 15) is 4.79 Å². The van der Waals surface area contributed by atoms with Crippen molar-refractivity contribution in [3.63, 3.8) is 0 Å². The Morgan fingerprint density at radius 1 is 1.38 bits per heavy atom. The highest BCUT2D eigenvalue weighted by atomic mass is 35.5. The fourth-order valence-corrected chi connectivity index (χ4v) is 2.98. The van der Waals surface area contributed by atoms with Gasteiger partial charge in [0, 0.05) is 32.4 Å². The molecule has 0 saturated carbocycles. The first kappa shape index (κ1) is 21.0. The number of hydrogen-bond donors (Lipinski definition) is 2. The number of nitrogens with zero attached hydrogens (tertiary/aromatic N) is 2. The second-order valence-electron chi connectivity index (χ2n) is 5.94. The number of carbonyl (C=O) groups excluding carboxylic acids is 1. The maximum absolute atomic E-state index is 12.2. The van der Waals surface area contributed by atoms with Gasteiger partial charge in [-0.05, 0) is 31.4 Å². The zero-order valence-corrected chi connectivity index (χ0v) is 15.5. The van der Waals surface area contributed by atoms with Gasteiger partial charge in [-0.3, -0.25) is 4.79 Å². The lowest BCUT2D eigenvalue weighted by Gasteiger charge is -2.29. The van der Waals surface area contributed by atoms with Gasteiger partial charge in [0.2, 0.25) is 5.91 Å². The third-order valence-electron chi connectivity index (χ3n) is 4.30. The Hall–Kier alpha value is -1.08. The predicted octanol–water partition coefficient (Wildman–Crippen LogP) is 1.52. The van der Waals surface area contributed by atoms with Crippen molar-refractivity contribution >= 4 is 36.5 Å². The average molecular weight is 377 g/mol. The summed E-state index contributed by atoms with van der Waals surface area (Å²) in [4.78, 5) is 19.0. The Bertz CT molecular complexity index is 509. The van der Waals surface area contributed by atoms with Crippen molar-refractivity contribution in [3.8, 4) is 0 Å². The number of carbonyl (C=O) groups is 1. The van der Waals surface area contributed by atoms with Gasteiger partial charge < -0.3 is 20.3 Å². The lowest BCUT2D eigenvalue weighted by atomic mass is 10.1. The van der Waals surface area contributed by atoms with E-state index >= 15 is 0 Å². The van der Waals surface area contributed by atoms with Crippen molar-refractivity contribution in [1.29, 1.82) is 0 Å². The molecule has 0 unspecified atom stereocenters. The Labute approximate surface area is 155 Å². The van der Waals surface area contributed by atoms with Crippen LogP contribution in [0.25, 0.3) is 0 Å². The average Bonchev–Trinajstić information content (AvgIpc) is 3.08. The number of ether oxygens (including phenoxy) is 1. The lowest BCUT2D eigenvalue weighted by molar-refractivity contribution is -0.129. The summed E-state index contributed by atoms with van der Waals surface area (Å²) in [6.45, 7) is 5.98. The highest BCUT2D eigenvalue weighted by molar-refractivity contribution is 5.85. The number of amides is 1. The van der Waals surface area contributed by atoms with E-state index in [1.807, 2.05) is 25.3 Å². The zero-order chi connectivity index (χ0) is 15.4. The Morgan fingerprint density at radius 2 is 2.12 bits per heavy atom. The summed E-state index contributed by atoms with van der Waals surface area (Å²) in [6, 6.07) is 3.80. The van der Waals surface area contributed by atoms with Gasteiger partial charge in [-0.15, -0.1) is 24.8 Å². The van der Waals surface area contributed by atoms with Crippen LogP contribution in [0.3, 0.4) is 0 Å². The van der Waals surface area contributed by atoms with Crippen LogP contribution in [0.15, 0.2) is 18.3 Å². The van der Waals surface area contributed by atoms with Gasteiger partial charge in [-0.25, -0.2) is 4.98 Å². The van der Waals surface area contributed by atoms with Gasteiger partial charge in [-0.2, -0.15) is 0 Å². The molecular weight excluding hydrogens is 351 g/mol. The molecule has 24 heavy (non-hydrogen) atoms. The van der Waals surface area contributed by atoms with Crippen molar-refractivity contribution in [2.75, 3.05) is 31.1 Å². The van der Waals surface area contributed by atoms with Crippen LogP contribution in [0.2, 0.25) is 0 Å². The van der Waals surface area contributed by atoms with Crippen LogP contribution in [0, 0.1) is 0 Å². The number of halogens is 2. The molecule has 136 valence electrons. The van der Waals surface area contributed by atoms with E-state index in [1.165, 1.54) is 12.8 Å². The first-order valence-corrected chi connectivity index (χ1v) is 8.06. The van der Waals surface area contributed by atoms with Gasteiger partial charge in [0.1, 0.15) is 11.9 Å². The molecule has 0 radical (unpaired) electrons. The smallest absolute Gasteiger partial charge is 0.240 e. The van der Waals surface area contributed by atoms with Crippen molar-refractivity contribution in [2.45, 2.75) is 38.5 Å². The van der Waals surface area contributed by atoms with Crippen LogP contribution in [-0.2, 0) is 16.1 Å². The molecule has 0 spiro atoms. The van der Waals surface area contributed by atoms with Gasteiger partial charge in [0.25, 0.3) is 0 Å². The van der Waals surface area contributed by atoms with E-state index < -0.39 is 0 Å². The van der Waals surface area contributed by atoms with Crippen molar-refractivity contribution < 1.29 is 9.53 Å². The van der Waals surface area contributed by atoms with E-state index in [1.54, 1.807) is 0 Å². The quantitative estimate of drug-likeness (QED) is 0.833. The molecular formula is C16H26Cl2N4O2. The van der Waals surface area contributed by atoms with Gasteiger partial charge in [0.15, 0.2) is 0 Å². The summed E-state index contributed by atoms with van der Waals surface area (Å²) in [5.74, 6) is 1.01. The second kappa shape index (κ2) is 10.0.